The van der Waals surface area contributed by atoms with Gasteiger partial charge in [-0.1, -0.05) is 18.2 Å². The Bertz CT molecular complexity index is 850. The van der Waals surface area contributed by atoms with E-state index in [0.717, 1.165) is 17.7 Å². The number of ether oxygens (including phenoxy) is 1. The van der Waals surface area contributed by atoms with Gasteiger partial charge in [-0.3, -0.25) is 14.2 Å². The van der Waals surface area contributed by atoms with Crippen molar-refractivity contribution in [3.8, 4) is 11.6 Å². The molecule has 0 aliphatic heterocycles. The predicted molar refractivity (Wildman–Crippen MR) is 105 cm³/mol. The number of methoxy groups -OCH3 is 1. The highest BCUT2D eigenvalue weighted by atomic mass is 16.5. The van der Waals surface area contributed by atoms with E-state index in [-0.39, 0.29) is 16.8 Å². The maximum Gasteiger partial charge on any atom is 0.338 e. The molecule has 0 amide bonds. The number of nitrogens with zero attached hydrogens (tertiary/aromatic N) is 1. The normalized spacial score (nSPS) is 10.2. The van der Waals surface area contributed by atoms with Gasteiger partial charge in [-0.2, -0.15) is 0 Å². The van der Waals surface area contributed by atoms with Crippen molar-refractivity contribution in [2.24, 2.45) is 0 Å². The summed E-state index contributed by atoms with van der Waals surface area (Å²) in [5, 5.41) is 12.3. The molecular formula is C21H28N2O5. The number of hydrogen-bond donors (Lipinski definition) is 1. The average Bonchev–Trinajstić information content (AvgIpc) is 2.70. The van der Waals surface area contributed by atoms with Crippen LogP contribution in [0.3, 0.4) is 0 Å². The summed E-state index contributed by atoms with van der Waals surface area (Å²) in [5.41, 5.74) is -1.07. The van der Waals surface area contributed by atoms with Crippen molar-refractivity contribution in [1.29, 1.82) is 0 Å². The monoisotopic (exact) mass is 388 g/mol. The predicted octanol–water partition coefficient (Wildman–Crippen LogP) is 0.831. The summed E-state index contributed by atoms with van der Waals surface area (Å²) in [6, 6.07) is 9.05. The van der Waals surface area contributed by atoms with Gasteiger partial charge in [0.15, 0.2) is 5.78 Å². The van der Waals surface area contributed by atoms with E-state index in [1.165, 1.54) is 38.7 Å². The SMILES string of the molecule is CC[NH+](CC)CC.COC(=O)c1cc(C(C)=O)c(=O)n(-c2ccccc2)c1[O-]. The molecule has 0 fully saturated rings. The first-order valence-corrected chi connectivity index (χ1v) is 9.27. The van der Waals surface area contributed by atoms with Crippen LogP contribution in [0, 0.1) is 0 Å². The molecular weight excluding hydrogens is 360 g/mol. The molecule has 1 aromatic carbocycles. The minimum atomic E-state index is -0.896. The Morgan fingerprint density at radius 2 is 1.57 bits per heavy atom. The summed E-state index contributed by atoms with van der Waals surface area (Å²) >= 11 is 0. The maximum absolute atomic E-state index is 12.3. The number of carbonyl (C=O) groups excluding carboxylic acids is 2. The standard InChI is InChI=1S/C15H13NO5.C6H15N/c1-9(17)11-8-12(15(20)21-2)14(19)16(13(11)18)10-6-4-3-5-7-10;1-4-7(5-2)6-3/h3-8,19H,1-2H3;4-6H2,1-3H3. The molecule has 1 aromatic heterocycles. The van der Waals surface area contributed by atoms with E-state index in [1.807, 2.05) is 0 Å². The number of aromatic nitrogens is 1. The van der Waals surface area contributed by atoms with Crippen molar-refractivity contribution in [3.63, 3.8) is 0 Å². The number of ketones is 1. The number of Topliss-reactive ketones (excluding diaryl/α,β-unsaturated/α-hetero) is 1. The van der Waals surface area contributed by atoms with Gasteiger partial charge in [0.25, 0.3) is 5.56 Å². The highest BCUT2D eigenvalue weighted by molar-refractivity contribution is 5.98. The number of esters is 1. The van der Waals surface area contributed by atoms with Gasteiger partial charge in [0.05, 0.1) is 37.9 Å². The molecule has 2 aromatic rings. The Kier molecular flexibility index (Phi) is 9.11. The molecule has 152 valence electrons. The fourth-order valence-electron chi connectivity index (χ4n) is 2.67. The Balaban J connectivity index is 0.000000480. The number of benzene rings is 1. The third-order valence-electron chi connectivity index (χ3n) is 4.45. The van der Waals surface area contributed by atoms with Crippen LogP contribution in [0.25, 0.3) is 5.69 Å². The number of nitrogens with one attached hydrogen (secondary N) is 1. The number of hydrogen-bond acceptors (Lipinski definition) is 5. The van der Waals surface area contributed by atoms with Gasteiger partial charge < -0.3 is 14.7 Å². The van der Waals surface area contributed by atoms with Crippen LogP contribution in [-0.4, -0.2) is 43.1 Å². The zero-order valence-electron chi connectivity index (χ0n) is 17.1. The molecule has 7 nitrogen and oxygen atoms in total. The van der Waals surface area contributed by atoms with Crippen LogP contribution in [0.5, 0.6) is 5.88 Å². The molecule has 0 spiro atoms. The van der Waals surface area contributed by atoms with Crippen molar-refractivity contribution in [3.05, 3.63) is 57.9 Å². The summed E-state index contributed by atoms with van der Waals surface area (Å²) < 4.78 is 5.31. The molecule has 0 unspecified atom stereocenters. The zero-order valence-corrected chi connectivity index (χ0v) is 17.1. The van der Waals surface area contributed by atoms with Gasteiger partial charge in [-0.15, -0.1) is 0 Å². The lowest BCUT2D eigenvalue weighted by molar-refractivity contribution is -0.894. The lowest BCUT2D eigenvalue weighted by Gasteiger charge is -2.20. The molecule has 2 rings (SSSR count). The molecule has 0 saturated carbocycles. The molecule has 0 aliphatic rings. The van der Waals surface area contributed by atoms with Gasteiger partial charge in [0.1, 0.15) is 0 Å². The zero-order chi connectivity index (χ0) is 21.3. The van der Waals surface area contributed by atoms with Gasteiger partial charge >= 0.3 is 5.97 Å². The highest BCUT2D eigenvalue weighted by Gasteiger charge is 2.18. The van der Waals surface area contributed by atoms with Crippen LogP contribution in [-0.2, 0) is 4.74 Å². The molecule has 0 atom stereocenters. The van der Waals surface area contributed by atoms with E-state index in [9.17, 15) is 19.5 Å². The Labute approximate surface area is 165 Å². The third kappa shape index (κ3) is 5.53. The van der Waals surface area contributed by atoms with Crippen molar-refractivity contribution in [1.82, 2.24) is 4.57 Å². The van der Waals surface area contributed by atoms with E-state index >= 15 is 0 Å². The van der Waals surface area contributed by atoms with E-state index in [4.69, 9.17) is 0 Å². The number of para-hydroxylation sites is 1. The molecule has 7 heteroatoms. The average molecular weight is 388 g/mol. The highest BCUT2D eigenvalue weighted by Crippen LogP contribution is 2.19. The lowest BCUT2D eigenvalue weighted by atomic mass is 10.1. The van der Waals surface area contributed by atoms with Crippen molar-refractivity contribution < 1.29 is 24.3 Å². The molecule has 28 heavy (non-hydrogen) atoms. The van der Waals surface area contributed by atoms with Crippen LogP contribution in [0.15, 0.2) is 41.2 Å². The largest absolute Gasteiger partial charge is 0.859 e. The molecule has 0 aliphatic carbocycles. The second kappa shape index (κ2) is 11.0. The number of carbonyl (C=O) groups is 2. The number of rotatable bonds is 6. The van der Waals surface area contributed by atoms with Crippen molar-refractivity contribution >= 4 is 11.8 Å². The van der Waals surface area contributed by atoms with Crippen LogP contribution in [0.2, 0.25) is 0 Å². The van der Waals surface area contributed by atoms with Crippen LogP contribution < -0.4 is 15.6 Å². The summed E-state index contributed by atoms with van der Waals surface area (Å²) in [5.74, 6) is -2.25. The summed E-state index contributed by atoms with van der Waals surface area (Å²) in [6.45, 7) is 11.7. The number of pyridine rings is 1. The fourth-order valence-corrected chi connectivity index (χ4v) is 2.67. The van der Waals surface area contributed by atoms with Gasteiger partial charge in [-0.05, 0) is 51.8 Å². The lowest BCUT2D eigenvalue weighted by Crippen LogP contribution is -3.11. The van der Waals surface area contributed by atoms with Gasteiger partial charge in [0, 0.05) is 5.69 Å². The van der Waals surface area contributed by atoms with Crippen LogP contribution >= 0.6 is 0 Å². The number of quaternary nitrogens is 1. The van der Waals surface area contributed by atoms with Crippen molar-refractivity contribution in [2.45, 2.75) is 27.7 Å². The molecule has 0 saturated heterocycles. The van der Waals surface area contributed by atoms with Crippen LogP contribution in [0.1, 0.15) is 48.4 Å². The van der Waals surface area contributed by atoms with E-state index in [0.29, 0.717) is 0 Å². The molecule has 1 heterocycles. The first-order chi connectivity index (χ1) is 13.3. The van der Waals surface area contributed by atoms with Crippen LogP contribution in [0.4, 0.5) is 0 Å². The summed E-state index contributed by atoms with van der Waals surface area (Å²) in [4.78, 5) is 37.2. The Morgan fingerprint density at radius 1 is 1.04 bits per heavy atom. The second-order valence-electron chi connectivity index (χ2n) is 6.11. The minimum absolute atomic E-state index is 0.237. The molecule has 1 N–H and O–H groups in total. The third-order valence-corrected chi connectivity index (χ3v) is 4.45. The summed E-state index contributed by atoms with van der Waals surface area (Å²) in [7, 11) is 1.12. The van der Waals surface area contributed by atoms with E-state index in [2.05, 4.69) is 25.5 Å². The quantitative estimate of drug-likeness (QED) is 0.585. The smallest absolute Gasteiger partial charge is 0.338 e. The Morgan fingerprint density at radius 3 is 1.96 bits per heavy atom. The van der Waals surface area contributed by atoms with E-state index < -0.39 is 23.2 Å². The Hall–Kier alpha value is -2.93. The first-order valence-electron chi connectivity index (χ1n) is 9.27. The van der Waals surface area contributed by atoms with E-state index in [1.54, 1.807) is 23.1 Å². The molecule has 0 bridgehead atoms. The first kappa shape index (κ1) is 23.1. The fraction of sp³-hybridized carbons (Fsp3) is 0.381. The van der Waals surface area contributed by atoms with Gasteiger partial charge in [0.2, 0.25) is 0 Å². The minimum Gasteiger partial charge on any atom is -0.859 e. The summed E-state index contributed by atoms with van der Waals surface area (Å²) in [6.07, 6.45) is 0. The van der Waals surface area contributed by atoms with Gasteiger partial charge in [-0.25, -0.2) is 4.79 Å². The molecule has 0 radical (unpaired) electrons. The maximum atomic E-state index is 12.3. The van der Waals surface area contributed by atoms with Crippen molar-refractivity contribution in [2.75, 3.05) is 26.7 Å². The second-order valence-corrected chi connectivity index (χ2v) is 6.11. The topological polar surface area (TPSA) is 92.9 Å².